The van der Waals surface area contributed by atoms with Crippen LogP contribution in [-0.2, 0) is 71.3 Å². The van der Waals surface area contributed by atoms with E-state index < -0.39 is 225 Å². The van der Waals surface area contributed by atoms with Gasteiger partial charge in [0.2, 0.25) is 0 Å². The van der Waals surface area contributed by atoms with Crippen molar-refractivity contribution >= 4 is 87.6 Å². The normalized spacial score (nSPS) is 28.3. The van der Waals surface area contributed by atoms with E-state index in [-0.39, 0.29) is 66.6 Å². The number of nitrogens with zero attached hydrogens (tertiary/aromatic N) is 10. The zero-order chi connectivity index (χ0) is 90.3. The van der Waals surface area contributed by atoms with Gasteiger partial charge in [0.05, 0.1) is 18.6 Å². The molecule has 5 aliphatic heterocycles. The number of hydrogen-bond acceptors (Lipinski definition) is 52. The van der Waals surface area contributed by atoms with Gasteiger partial charge in [-0.3, -0.25) is 90.9 Å². The van der Waals surface area contributed by atoms with Gasteiger partial charge in [-0.2, -0.15) is 32.6 Å². The van der Waals surface area contributed by atoms with Crippen molar-refractivity contribution in [3.63, 3.8) is 0 Å². The predicted octanol–water partition coefficient (Wildman–Crippen LogP) is -12.8. The monoisotopic (exact) mass is 1830 g/mol. The molecule has 0 unspecified atom stereocenters. The van der Waals surface area contributed by atoms with E-state index in [0.29, 0.717) is 5.32 Å². The minimum Gasteiger partial charge on any atom is -0.463 e. The van der Waals surface area contributed by atoms with Gasteiger partial charge in [-0.15, -0.1) is 0 Å². The van der Waals surface area contributed by atoms with Gasteiger partial charge in [-0.25, -0.2) is 19.2 Å². The van der Waals surface area contributed by atoms with E-state index in [0.717, 1.165) is 48.5 Å². The SMILES string of the molecule is C[C@@H](O)[C@H](N)C(=O)OC[C@H]1O[C@@H](n2ccc(NO)nc2=O)[C@H](O)[C@@H]1O.N[C@@H](CO)C(=O)OC[C@H]1O[C@@H](n2ccc(NO)nc2=O)[C@H](O)[C@@H]1O.N[C@@H](CS)C(=O)OC[C@H]1O[C@@H](n2ccc(NO)nc2=O)[C@H](O)[C@@H]1O.N[C@@H](C[SeH])C(=O)OC[C@H]1O[C@@H](n2ccc(NO)nc2=O)[C@H](O)[C@@H]1O.O=C(OC[C@H]1O[C@@H](n2ccc(NO)nc2=O)[C@H](O)[C@@H]1O)C1CCCC1. The molecule has 58 heteroatoms. The first-order valence-corrected chi connectivity index (χ1v) is 38.3. The summed E-state index contributed by atoms with van der Waals surface area (Å²) in [6, 6.07) is 2.12. The van der Waals surface area contributed by atoms with Crippen LogP contribution in [0.5, 0.6) is 0 Å². The standard InChI is InChI=1S/C15H21N3O7.C13H20N4O8.C12H18N4O8.C12H18N4O7S.C12H18N4O7Se/c19-11-9(7-24-14(21)8-3-1-2-4-8)25-13(12(11)20)18-6-5-10(17-23)16-15(18)22;1-5(18)8(14)12(21)24-4-6-9(19)10(20)11(25-6)17-3-2-7(16-23)15-13(17)22;13-5(3-17)11(20)23-4-6-8(18)9(19)10(24-6)16-2-1-7(15-22)14-12(16)21;2*13-5(4-24)11(19)22-3-6-8(17)9(18)10(23-6)16-2-1-7(15-21)14-12(16)20/h5-6,8-9,11-13,19-20,23H,1-4,7H2,(H,16,17,22);2-3,5-6,8-11,18-20,23H,4,14H2,1H3,(H,15,16,22);1-2,5-6,8-10,17-19,22H,3-4,13H2,(H,14,15,21);2*1-2,5-6,8-10,17-18,21,24H,3-4,13H2,(H,14,15,20)/t9-,11-,12-,13-;5-,6-,8+,9-,10-,11-;3*5-,6+,8+,9+,10+/m11000/s1. The number of rotatable bonds is 29. The Morgan fingerprint density at radius 3 is 0.885 bits per heavy atom. The van der Waals surface area contributed by atoms with Crippen LogP contribution in [0.4, 0.5) is 29.1 Å². The molecule has 0 radical (unpaired) electrons. The van der Waals surface area contributed by atoms with Gasteiger partial charge < -0.3 is 106 Å². The van der Waals surface area contributed by atoms with Crippen molar-refractivity contribution in [2.75, 3.05) is 72.8 Å². The van der Waals surface area contributed by atoms with Crippen molar-refractivity contribution in [1.82, 2.24) is 47.8 Å². The van der Waals surface area contributed by atoms with Gasteiger partial charge in [0.1, 0.15) is 118 Å². The fourth-order valence-electron chi connectivity index (χ4n) is 11.8. The van der Waals surface area contributed by atoms with Gasteiger partial charge in [0.15, 0.2) is 48.2 Å². The number of aliphatic hydroxyl groups excluding tert-OH is 12. The largest absolute Gasteiger partial charge is 0.463 e. The van der Waals surface area contributed by atoms with Crippen LogP contribution in [0.3, 0.4) is 0 Å². The first-order chi connectivity index (χ1) is 57.9. The molecule has 1 saturated carbocycles. The smallest absolute Gasteiger partial charge is 0.351 e. The molecule has 680 valence electrons. The average Bonchev–Trinajstić information content (AvgIpc) is 1.68. The maximum Gasteiger partial charge on any atom is 0.351 e. The molecule has 56 nitrogen and oxygen atoms in total. The number of aromatic nitrogens is 10. The van der Waals surface area contributed by atoms with Crippen LogP contribution >= 0.6 is 12.6 Å². The molecular formula is C64H95N19O37SSe. The van der Waals surface area contributed by atoms with Crippen molar-refractivity contribution in [2.45, 2.75) is 191 Å². The zero-order valence-electron chi connectivity index (χ0n) is 63.7. The third-order valence-electron chi connectivity index (χ3n) is 18.7. The molecule has 5 saturated heterocycles. The number of nitrogens with two attached hydrogens (primary N) is 4. The molecule has 0 bridgehead atoms. The van der Waals surface area contributed by atoms with Gasteiger partial charge in [0, 0.05) is 30.5 Å². The second kappa shape index (κ2) is 46.9. The molecule has 0 spiro atoms. The molecule has 0 amide bonds. The van der Waals surface area contributed by atoms with E-state index >= 15 is 0 Å². The van der Waals surface area contributed by atoms with E-state index in [4.69, 9.17) is 101 Å². The Balaban J connectivity index is 0.000000210. The number of nitrogens with one attached hydrogen (secondary N) is 5. The Kier molecular flexibility index (Phi) is 38.3. The quantitative estimate of drug-likeness (QED) is 0.00695. The Labute approximate surface area is 697 Å². The molecule has 11 rings (SSSR count). The van der Waals surface area contributed by atoms with Crippen molar-refractivity contribution in [3.05, 3.63) is 114 Å². The summed E-state index contributed by atoms with van der Waals surface area (Å²) in [5.74, 6) is -3.99. The number of hydrogen-bond donors (Lipinski definition) is 27. The van der Waals surface area contributed by atoms with Crippen LogP contribution in [0.2, 0.25) is 5.32 Å². The summed E-state index contributed by atoms with van der Waals surface area (Å²) < 4.78 is 56.4. The fraction of sp³-hybridized carbons (Fsp3) is 0.609. The van der Waals surface area contributed by atoms with Crippen molar-refractivity contribution in [1.29, 1.82) is 0 Å². The van der Waals surface area contributed by atoms with Crippen molar-refractivity contribution in [3.8, 4) is 0 Å². The second-order valence-corrected chi connectivity index (χ2v) is 28.2. The molecule has 1 aliphatic carbocycles. The van der Waals surface area contributed by atoms with Crippen LogP contribution in [0.25, 0.3) is 0 Å². The molecular weight excluding hydrogens is 1740 g/mol. The maximum atomic E-state index is 11.9. The predicted molar refractivity (Wildman–Crippen MR) is 402 cm³/mol. The van der Waals surface area contributed by atoms with E-state index in [1.807, 2.05) is 0 Å². The second-order valence-electron chi connectivity index (χ2n) is 27.1. The van der Waals surface area contributed by atoms with Crippen LogP contribution in [0.1, 0.15) is 63.7 Å². The summed E-state index contributed by atoms with van der Waals surface area (Å²) in [5, 5.41) is 162. The summed E-state index contributed by atoms with van der Waals surface area (Å²) in [7, 11) is 0. The number of anilines is 5. The Bertz CT molecular complexity index is 4200. The minimum absolute atomic E-state index is 0.0590. The fourth-order valence-corrected chi connectivity index (χ4v) is 12.2. The third kappa shape index (κ3) is 25.6. The molecule has 10 heterocycles. The first-order valence-electron chi connectivity index (χ1n) is 36.3. The molecule has 5 aromatic heterocycles. The van der Waals surface area contributed by atoms with Gasteiger partial charge >= 0.3 is 179 Å². The summed E-state index contributed by atoms with van der Waals surface area (Å²) in [6.45, 7) is -1.05. The molecule has 6 aliphatic rings. The number of ether oxygens (including phenoxy) is 10. The average molecular weight is 1830 g/mol. The van der Waals surface area contributed by atoms with E-state index in [1.165, 1.54) is 68.2 Å². The minimum atomic E-state index is -1.48. The number of carbonyl (C=O) groups excluding carboxylic acids is 5. The number of thiol groups is 1. The summed E-state index contributed by atoms with van der Waals surface area (Å²) in [5.41, 5.74) is 26.1. The van der Waals surface area contributed by atoms with Crippen LogP contribution < -0.4 is 78.8 Å². The van der Waals surface area contributed by atoms with Crippen molar-refractivity contribution < 1.29 is 159 Å². The molecule has 5 aromatic rings. The number of aliphatic hydroxyl groups is 12. The Morgan fingerprint density at radius 2 is 0.664 bits per heavy atom. The first kappa shape index (κ1) is 99.7. The molecule has 30 N–H and O–H groups in total. The van der Waals surface area contributed by atoms with Gasteiger partial charge in [-0.05, 0) is 44.0 Å². The van der Waals surface area contributed by atoms with E-state index in [2.05, 4.69) is 53.6 Å². The Morgan fingerprint density at radius 1 is 0.426 bits per heavy atom. The maximum absolute atomic E-state index is 11.9. The summed E-state index contributed by atoms with van der Waals surface area (Å²) >= 11 is 6.02. The van der Waals surface area contributed by atoms with Crippen molar-refractivity contribution in [2.24, 2.45) is 28.9 Å². The molecule has 122 heavy (non-hydrogen) atoms. The zero-order valence-corrected chi connectivity index (χ0v) is 66.5. The van der Waals surface area contributed by atoms with Crippen LogP contribution in [-0.4, -0.2) is 348 Å². The molecule has 0 aromatic carbocycles. The van der Waals surface area contributed by atoms with E-state index in [1.54, 1.807) is 27.4 Å². The van der Waals surface area contributed by atoms with Gasteiger partial charge in [-0.1, -0.05) is 12.8 Å². The third-order valence-corrected chi connectivity index (χ3v) is 19.9. The van der Waals surface area contributed by atoms with Gasteiger partial charge in [0.25, 0.3) is 0 Å². The van der Waals surface area contributed by atoms with Crippen LogP contribution in [0, 0.1) is 5.92 Å². The Hall–Kier alpha value is -9.42. The molecule has 6 fully saturated rings. The van der Waals surface area contributed by atoms with Crippen LogP contribution in [0.15, 0.2) is 85.3 Å². The number of carbonyl (C=O) groups is 5. The molecule has 25 atom stereocenters. The summed E-state index contributed by atoms with van der Waals surface area (Å²) in [4.78, 5) is 135. The van der Waals surface area contributed by atoms with E-state index in [9.17, 15) is 104 Å². The number of esters is 5. The summed E-state index contributed by atoms with van der Waals surface area (Å²) in [6.07, 6.45) is -17.0. The topological polar surface area (TPSA) is 860 Å².